The molecule has 1 aliphatic carbocycles. The minimum Gasteiger partial charge on any atom is -0.310 e. The van der Waals surface area contributed by atoms with Crippen molar-refractivity contribution in [3.63, 3.8) is 0 Å². The van der Waals surface area contributed by atoms with Gasteiger partial charge in [-0.2, -0.15) is 0 Å². The standard InChI is InChI=1S/C73H47N3/c1-2-18-48(19-3-1)50-20-16-21-52(46-50)56-22-5-11-31-67(56)74(54-41-43-55(44-42-54)75-68-32-12-6-24-59(68)60-25-7-13-33-69(60)75)53-39-36-49(37-40-53)51-38-45-58-57-23-4-9-28-63(57)73(66(58)47-51)64-29-10-15-35-71(64)76-70-34-14-8-26-61(70)62-27-17-30-65(73)72(62)76/h1-47H. The average molecular weight is 966 g/mol. The minimum absolute atomic E-state index is 0.522. The Hall–Kier alpha value is -9.96. The summed E-state index contributed by atoms with van der Waals surface area (Å²) in [6.45, 7) is 0. The van der Waals surface area contributed by atoms with Crippen LogP contribution in [0.25, 0.3) is 99.5 Å². The maximum Gasteiger partial charge on any atom is 0.0754 e. The van der Waals surface area contributed by atoms with Gasteiger partial charge in [0, 0.05) is 44.2 Å². The van der Waals surface area contributed by atoms with Crippen molar-refractivity contribution in [1.82, 2.24) is 9.13 Å². The summed E-state index contributed by atoms with van der Waals surface area (Å²) < 4.78 is 4.91. The quantitative estimate of drug-likeness (QED) is 0.155. The Balaban J connectivity index is 0.855. The van der Waals surface area contributed by atoms with Crippen molar-refractivity contribution in [2.45, 2.75) is 5.41 Å². The van der Waals surface area contributed by atoms with Gasteiger partial charge in [-0.05, 0) is 140 Å². The second kappa shape index (κ2) is 16.5. The Morgan fingerprint density at radius 1 is 0.276 bits per heavy atom. The molecule has 0 amide bonds. The van der Waals surface area contributed by atoms with Crippen molar-refractivity contribution < 1.29 is 0 Å². The van der Waals surface area contributed by atoms with Crippen LogP contribution in [0.5, 0.6) is 0 Å². The molecule has 12 aromatic carbocycles. The Labute approximate surface area is 441 Å². The topological polar surface area (TPSA) is 13.1 Å². The number of nitrogens with zero attached hydrogens (tertiary/aromatic N) is 3. The predicted octanol–water partition coefficient (Wildman–Crippen LogP) is 19.0. The first-order valence-electron chi connectivity index (χ1n) is 26.3. The zero-order chi connectivity index (χ0) is 49.9. The Bertz CT molecular complexity index is 4580. The molecule has 0 bridgehead atoms. The summed E-state index contributed by atoms with van der Waals surface area (Å²) in [5.41, 5.74) is 24.9. The zero-order valence-electron chi connectivity index (χ0n) is 41.5. The van der Waals surface area contributed by atoms with Crippen LogP contribution in [0, 0.1) is 0 Å². The van der Waals surface area contributed by atoms with Crippen LogP contribution >= 0.6 is 0 Å². The molecular formula is C73H47N3. The summed E-state index contributed by atoms with van der Waals surface area (Å²) in [5.74, 6) is 0. The summed E-state index contributed by atoms with van der Waals surface area (Å²) in [4.78, 5) is 2.43. The van der Waals surface area contributed by atoms with Gasteiger partial charge in [-0.15, -0.1) is 0 Å². The van der Waals surface area contributed by atoms with Crippen molar-refractivity contribution >= 4 is 60.7 Å². The van der Waals surface area contributed by atoms with Gasteiger partial charge in [0.1, 0.15) is 0 Å². The molecule has 0 saturated heterocycles. The van der Waals surface area contributed by atoms with E-state index in [4.69, 9.17) is 0 Å². The number of rotatable bonds is 7. The third-order valence-corrected chi connectivity index (χ3v) is 16.5. The molecule has 76 heavy (non-hydrogen) atoms. The van der Waals surface area contributed by atoms with Crippen LogP contribution in [-0.4, -0.2) is 9.13 Å². The van der Waals surface area contributed by atoms with Crippen LogP contribution < -0.4 is 4.90 Å². The first-order chi connectivity index (χ1) is 37.7. The molecular weight excluding hydrogens is 919 g/mol. The molecule has 0 saturated carbocycles. The highest BCUT2D eigenvalue weighted by atomic mass is 15.1. The largest absolute Gasteiger partial charge is 0.310 e. The highest BCUT2D eigenvalue weighted by molar-refractivity contribution is 6.13. The van der Waals surface area contributed by atoms with Gasteiger partial charge in [0.15, 0.2) is 0 Å². The number of benzene rings is 12. The number of aromatic nitrogens is 2. The molecule has 1 aliphatic heterocycles. The smallest absolute Gasteiger partial charge is 0.0754 e. The van der Waals surface area contributed by atoms with E-state index in [1.54, 1.807) is 0 Å². The lowest BCUT2D eigenvalue weighted by molar-refractivity contribution is 0.749. The SMILES string of the molecule is c1ccc(-c2cccc(-c3ccccc3N(c3ccc(-c4ccc5c(c4)C4(c6ccccc6-5)c5ccccc5-n5c6ccccc6c6cccc4c65)cc3)c3ccc(-n4c5ccccc5c5ccccc54)cc3)c2)cc1. The van der Waals surface area contributed by atoms with E-state index < -0.39 is 5.41 Å². The first kappa shape index (κ1) is 42.5. The van der Waals surface area contributed by atoms with Crippen LogP contribution in [0.1, 0.15) is 22.3 Å². The lowest BCUT2D eigenvalue weighted by Gasteiger charge is -2.39. The van der Waals surface area contributed by atoms with Crippen LogP contribution in [0.4, 0.5) is 17.1 Å². The molecule has 2 aliphatic rings. The maximum absolute atomic E-state index is 2.52. The number of anilines is 3. The van der Waals surface area contributed by atoms with Crippen LogP contribution in [0.3, 0.4) is 0 Å². The fraction of sp³-hybridized carbons (Fsp3) is 0.0137. The molecule has 0 radical (unpaired) electrons. The fourth-order valence-electron chi connectivity index (χ4n) is 13.3. The molecule has 3 heterocycles. The van der Waals surface area contributed by atoms with Crippen LogP contribution in [0.2, 0.25) is 0 Å². The number of hydrogen-bond donors (Lipinski definition) is 0. The predicted molar refractivity (Wildman–Crippen MR) is 317 cm³/mol. The lowest BCUT2D eigenvalue weighted by Crippen LogP contribution is -2.33. The molecule has 1 spiro atoms. The van der Waals surface area contributed by atoms with Gasteiger partial charge in [-0.3, -0.25) is 0 Å². The van der Waals surface area contributed by atoms with Crippen molar-refractivity contribution in [3.05, 3.63) is 307 Å². The van der Waals surface area contributed by atoms with E-state index >= 15 is 0 Å². The number of fused-ring (bicyclic) bond motifs is 15. The molecule has 2 aromatic heterocycles. The molecule has 354 valence electrons. The minimum atomic E-state index is -0.522. The second-order valence-electron chi connectivity index (χ2n) is 20.4. The Morgan fingerprint density at radius 2 is 0.763 bits per heavy atom. The molecule has 1 unspecified atom stereocenters. The molecule has 0 fully saturated rings. The fourth-order valence-corrected chi connectivity index (χ4v) is 13.3. The lowest BCUT2D eigenvalue weighted by atomic mass is 9.65. The van der Waals surface area contributed by atoms with Crippen molar-refractivity contribution in [1.29, 1.82) is 0 Å². The van der Waals surface area contributed by atoms with E-state index in [9.17, 15) is 0 Å². The summed E-state index contributed by atoms with van der Waals surface area (Å²) >= 11 is 0. The molecule has 1 atom stereocenters. The second-order valence-corrected chi connectivity index (χ2v) is 20.4. The number of para-hydroxylation sites is 6. The van der Waals surface area contributed by atoms with E-state index in [2.05, 4.69) is 299 Å². The van der Waals surface area contributed by atoms with Gasteiger partial charge in [-0.25, -0.2) is 0 Å². The third-order valence-electron chi connectivity index (χ3n) is 16.5. The van der Waals surface area contributed by atoms with Crippen LogP contribution in [-0.2, 0) is 5.41 Å². The summed E-state index contributed by atoms with van der Waals surface area (Å²) in [7, 11) is 0. The van der Waals surface area contributed by atoms with E-state index in [0.29, 0.717) is 0 Å². The summed E-state index contributed by atoms with van der Waals surface area (Å²) in [6, 6.07) is 106. The highest BCUT2D eigenvalue weighted by Gasteiger charge is 2.50. The van der Waals surface area contributed by atoms with Gasteiger partial charge in [0.2, 0.25) is 0 Å². The number of hydrogen-bond acceptors (Lipinski definition) is 1. The van der Waals surface area contributed by atoms with Crippen molar-refractivity contribution in [2.24, 2.45) is 0 Å². The van der Waals surface area contributed by atoms with E-state index in [1.165, 1.54) is 105 Å². The zero-order valence-corrected chi connectivity index (χ0v) is 41.5. The average Bonchev–Trinajstić information content (AvgIpc) is 4.14. The van der Waals surface area contributed by atoms with Crippen LogP contribution in [0.15, 0.2) is 285 Å². The normalized spacial score (nSPS) is 14.1. The van der Waals surface area contributed by atoms with E-state index in [0.717, 1.165) is 33.9 Å². The van der Waals surface area contributed by atoms with Crippen molar-refractivity contribution in [3.8, 4) is 55.9 Å². The molecule has 3 nitrogen and oxygen atoms in total. The monoisotopic (exact) mass is 965 g/mol. The summed E-state index contributed by atoms with van der Waals surface area (Å²) in [5, 5.41) is 5.07. The van der Waals surface area contributed by atoms with Gasteiger partial charge in [0.05, 0.1) is 38.9 Å². The van der Waals surface area contributed by atoms with E-state index in [-0.39, 0.29) is 0 Å². The molecule has 3 heteroatoms. The summed E-state index contributed by atoms with van der Waals surface area (Å²) in [6.07, 6.45) is 0. The molecule has 14 aromatic rings. The molecule has 0 N–H and O–H groups in total. The van der Waals surface area contributed by atoms with Gasteiger partial charge >= 0.3 is 0 Å². The molecule has 16 rings (SSSR count). The third kappa shape index (κ3) is 6.05. The van der Waals surface area contributed by atoms with Crippen molar-refractivity contribution in [2.75, 3.05) is 4.90 Å². The van der Waals surface area contributed by atoms with Gasteiger partial charge in [0.25, 0.3) is 0 Å². The van der Waals surface area contributed by atoms with Gasteiger partial charge < -0.3 is 14.0 Å². The maximum atomic E-state index is 2.52. The van der Waals surface area contributed by atoms with E-state index in [1.807, 2.05) is 0 Å². The van der Waals surface area contributed by atoms with Gasteiger partial charge in [-0.1, -0.05) is 206 Å². The first-order valence-corrected chi connectivity index (χ1v) is 26.3. The Morgan fingerprint density at radius 3 is 1.51 bits per heavy atom. The highest BCUT2D eigenvalue weighted by Crippen LogP contribution is 2.61. The Kier molecular flexibility index (Phi) is 9.25.